The Morgan fingerprint density at radius 1 is 1.17 bits per heavy atom. The monoisotopic (exact) mass is 430 g/mol. The number of nitrogens with one attached hydrogen (secondary N) is 2. The third kappa shape index (κ3) is 5.86. The van der Waals surface area contributed by atoms with E-state index in [1.54, 1.807) is 24.3 Å². The van der Waals surface area contributed by atoms with Crippen LogP contribution < -0.4 is 15.6 Å². The third-order valence-corrected chi connectivity index (χ3v) is 5.20. The fourth-order valence-electron chi connectivity index (χ4n) is 3.31. The Morgan fingerprint density at radius 3 is 2.63 bits per heavy atom. The van der Waals surface area contributed by atoms with E-state index in [2.05, 4.69) is 20.7 Å². The largest absolute Gasteiger partial charge is 0.440 e. The molecule has 2 N–H and O–H groups in total. The molecule has 1 aromatic carbocycles. The van der Waals surface area contributed by atoms with Gasteiger partial charge < -0.3 is 14.6 Å². The van der Waals surface area contributed by atoms with Crippen LogP contribution in [0.3, 0.4) is 0 Å². The number of halogens is 1. The highest BCUT2D eigenvalue weighted by molar-refractivity contribution is 6.31. The van der Waals surface area contributed by atoms with E-state index in [4.69, 9.17) is 16.0 Å². The van der Waals surface area contributed by atoms with Crippen molar-refractivity contribution in [3.63, 3.8) is 0 Å². The first-order chi connectivity index (χ1) is 14.4. The van der Waals surface area contributed by atoms with Crippen LogP contribution in [0.2, 0.25) is 5.02 Å². The number of anilines is 1. The standard InChI is InChI=1S/C22H27ClN4O3/c1-15(2)20(25-21(28)16-7-6-8-17(23)13-16)22(29)26-24-14-18-9-10-19(30-18)27-11-4-3-5-12-27/h6-10,13-15,20H,3-5,11-12H2,1-2H3,(H,25,28)(H,26,29). The van der Waals surface area contributed by atoms with Gasteiger partial charge in [-0.05, 0) is 49.4 Å². The molecule has 8 heteroatoms. The van der Waals surface area contributed by atoms with Crippen LogP contribution >= 0.6 is 11.6 Å². The predicted molar refractivity (Wildman–Crippen MR) is 118 cm³/mol. The van der Waals surface area contributed by atoms with Crippen molar-refractivity contribution < 1.29 is 14.0 Å². The number of hydrazone groups is 1. The summed E-state index contributed by atoms with van der Waals surface area (Å²) in [5.74, 6) is 0.473. The van der Waals surface area contributed by atoms with E-state index in [0.717, 1.165) is 31.8 Å². The van der Waals surface area contributed by atoms with Crippen molar-refractivity contribution in [2.75, 3.05) is 18.0 Å². The van der Waals surface area contributed by atoms with Crippen molar-refractivity contribution in [2.24, 2.45) is 11.0 Å². The number of hydrogen-bond acceptors (Lipinski definition) is 5. The lowest BCUT2D eigenvalue weighted by atomic mass is 10.0. The zero-order chi connectivity index (χ0) is 21.5. The summed E-state index contributed by atoms with van der Waals surface area (Å²) in [4.78, 5) is 27.2. The van der Waals surface area contributed by atoms with Crippen molar-refractivity contribution in [1.82, 2.24) is 10.7 Å². The minimum absolute atomic E-state index is 0.127. The summed E-state index contributed by atoms with van der Waals surface area (Å²) in [5.41, 5.74) is 2.88. The molecule has 0 bridgehead atoms. The summed E-state index contributed by atoms with van der Waals surface area (Å²) in [6.07, 6.45) is 5.04. The van der Waals surface area contributed by atoms with Gasteiger partial charge in [-0.3, -0.25) is 9.59 Å². The average Bonchev–Trinajstić information content (AvgIpc) is 3.21. The van der Waals surface area contributed by atoms with Gasteiger partial charge in [0.1, 0.15) is 11.8 Å². The number of furan rings is 1. The molecule has 3 rings (SSSR count). The van der Waals surface area contributed by atoms with Gasteiger partial charge >= 0.3 is 0 Å². The lowest BCUT2D eigenvalue weighted by Gasteiger charge is -2.25. The lowest BCUT2D eigenvalue weighted by Crippen LogP contribution is -2.48. The molecule has 1 unspecified atom stereocenters. The molecule has 1 aliphatic rings. The number of carbonyl (C=O) groups excluding carboxylic acids is 2. The first-order valence-corrected chi connectivity index (χ1v) is 10.6. The Labute approximate surface area is 181 Å². The Hall–Kier alpha value is -2.80. The molecule has 0 aliphatic carbocycles. The number of nitrogens with zero attached hydrogens (tertiary/aromatic N) is 2. The summed E-state index contributed by atoms with van der Waals surface area (Å²) in [7, 11) is 0. The quantitative estimate of drug-likeness (QED) is 0.516. The SMILES string of the molecule is CC(C)C(NC(=O)c1cccc(Cl)c1)C(=O)NN=Cc1ccc(N2CCCCC2)o1. The van der Waals surface area contributed by atoms with E-state index in [1.165, 1.54) is 12.6 Å². The molecule has 160 valence electrons. The van der Waals surface area contributed by atoms with Crippen molar-refractivity contribution in [1.29, 1.82) is 0 Å². The summed E-state index contributed by atoms with van der Waals surface area (Å²) in [6.45, 7) is 5.68. The van der Waals surface area contributed by atoms with Gasteiger partial charge in [0.15, 0.2) is 5.88 Å². The van der Waals surface area contributed by atoms with E-state index in [9.17, 15) is 9.59 Å². The molecule has 1 saturated heterocycles. The zero-order valence-electron chi connectivity index (χ0n) is 17.2. The first-order valence-electron chi connectivity index (χ1n) is 10.2. The number of rotatable bonds is 7. The Kier molecular flexibility index (Phi) is 7.52. The number of hydrogen-bond donors (Lipinski definition) is 2. The zero-order valence-corrected chi connectivity index (χ0v) is 18.0. The van der Waals surface area contributed by atoms with Gasteiger partial charge in [-0.2, -0.15) is 5.10 Å². The Balaban J connectivity index is 1.57. The molecule has 0 saturated carbocycles. The average molecular weight is 431 g/mol. The molecular formula is C22H27ClN4O3. The molecule has 1 atom stereocenters. The molecule has 7 nitrogen and oxygen atoms in total. The van der Waals surface area contributed by atoms with Crippen molar-refractivity contribution in [3.05, 3.63) is 52.7 Å². The van der Waals surface area contributed by atoms with Gasteiger partial charge in [-0.25, -0.2) is 5.43 Å². The van der Waals surface area contributed by atoms with Gasteiger partial charge in [0.2, 0.25) is 0 Å². The van der Waals surface area contributed by atoms with Crippen LogP contribution in [0.15, 0.2) is 45.9 Å². The van der Waals surface area contributed by atoms with Crippen LogP contribution in [0, 0.1) is 5.92 Å². The minimum Gasteiger partial charge on any atom is -0.440 e. The molecule has 0 spiro atoms. The van der Waals surface area contributed by atoms with Crippen LogP contribution in [0.4, 0.5) is 5.88 Å². The second-order valence-corrected chi connectivity index (χ2v) is 8.10. The molecule has 2 heterocycles. The Morgan fingerprint density at radius 2 is 1.93 bits per heavy atom. The van der Waals surface area contributed by atoms with Gasteiger partial charge in [-0.1, -0.05) is 31.5 Å². The van der Waals surface area contributed by atoms with Gasteiger partial charge in [0.25, 0.3) is 11.8 Å². The van der Waals surface area contributed by atoms with Crippen LogP contribution in [-0.4, -0.2) is 37.2 Å². The summed E-state index contributed by atoms with van der Waals surface area (Å²) >= 11 is 5.94. The molecular weight excluding hydrogens is 404 g/mol. The van der Waals surface area contributed by atoms with E-state index < -0.39 is 11.9 Å². The summed E-state index contributed by atoms with van der Waals surface area (Å²) in [5, 5.41) is 7.19. The van der Waals surface area contributed by atoms with E-state index in [1.807, 2.05) is 26.0 Å². The highest BCUT2D eigenvalue weighted by Crippen LogP contribution is 2.21. The lowest BCUT2D eigenvalue weighted by molar-refractivity contribution is -0.123. The molecule has 1 aromatic heterocycles. The van der Waals surface area contributed by atoms with Crippen LogP contribution in [-0.2, 0) is 4.79 Å². The number of piperidine rings is 1. The van der Waals surface area contributed by atoms with E-state index in [0.29, 0.717) is 16.3 Å². The normalized spacial score (nSPS) is 15.4. The maximum Gasteiger partial charge on any atom is 0.262 e. The highest BCUT2D eigenvalue weighted by atomic mass is 35.5. The molecule has 1 aliphatic heterocycles. The third-order valence-electron chi connectivity index (χ3n) is 4.97. The van der Waals surface area contributed by atoms with Gasteiger partial charge in [0.05, 0.1) is 6.21 Å². The summed E-state index contributed by atoms with van der Waals surface area (Å²) < 4.78 is 5.79. The highest BCUT2D eigenvalue weighted by Gasteiger charge is 2.24. The van der Waals surface area contributed by atoms with E-state index >= 15 is 0 Å². The maximum absolute atomic E-state index is 12.6. The van der Waals surface area contributed by atoms with E-state index in [-0.39, 0.29) is 11.8 Å². The van der Waals surface area contributed by atoms with Crippen molar-refractivity contribution >= 4 is 35.5 Å². The van der Waals surface area contributed by atoms with Gasteiger partial charge in [0, 0.05) is 29.7 Å². The predicted octanol–water partition coefficient (Wildman–Crippen LogP) is 3.83. The van der Waals surface area contributed by atoms with Crippen molar-refractivity contribution in [2.45, 2.75) is 39.2 Å². The first kappa shape index (κ1) is 21.9. The summed E-state index contributed by atoms with van der Waals surface area (Å²) in [6, 6.07) is 9.57. The number of carbonyl (C=O) groups is 2. The number of benzene rings is 1. The smallest absolute Gasteiger partial charge is 0.262 e. The van der Waals surface area contributed by atoms with Crippen molar-refractivity contribution in [3.8, 4) is 0 Å². The topological polar surface area (TPSA) is 86.9 Å². The maximum atomic E-state index is 12.6. The minimum atomic E-state index is -0.742. The van der Waals surface area contributed by atoms with Crippen LogP contribution in [0.5, 0.6) is 0 Å². The molecule has 2 aromatic rings. The Bertz CT molecular complexity index is 903. The second kappa shape index (κ2) is 10.3. The van der Waals surface area contributed by atoms with Crippen LogP contribution in [0.1, 0.15) is 49.2 Å². The molecule has 0 radical (unpaired) electrons. The molecule has 1 fully saturated rings. The molecule has 30 heavy (non-hydrogen) atoms. The molecule has 2 amide bonds. The number of amides is 2. The van der Waals surface area contributed by atoms with Crippen LogP contribution in [0.25, 0.3) is 0 Å². The second-order valence-electron chi connectivity index (χ2n) is 7.66. The van der Waals surface area contributed by atoms with Gasteiger partial charge in [-0.15, -0.1) is 0 Å². The fourth-order valence-corrected chi connectivity index (χ4v) is 3.50. The fraction of sp³-hybridized carbons (Fsp3) is 0.409.